The van der Waals surface area contributed by atoms with Crippen LogP contribution in [-0.2, 0) is 22.6 Å². The lowest BCUT2D eigenvalue weighted by Gasteiger charge is -2.24. The van der Waals surface area contributed by atoms with Crippen molar-refractivity contribution >= 4 is 23.2 Å². The largest absolute Gasteiger partial charge is 0.489 e. The third-order valence-electron chi connectivity index (χ3n) is 5.79. The standard InChI is InChI=1S/C27H28N2O3/c1-18-6-5-7-20(14-18)17-32-23-11-12-24(19(2)15-23)28-26(30)13-10-22-16-21-8-3-4-9-25(21)29-27(22)31/h3-9,11-12,14-15,22H,10,13,16-17H2,1-2H3,(H,28,30)(H,29,31). The lowest BCUT2D eigenvalue weighted by Crippen LogP contribution is -2.30. The molecular formula is C27H28N2O3. The summed E-state index contributed by atoms with van der Waals surface area (Å²) in [5.41, 5.74) is 6.01. The van der Waals surface area contributed by atoms with Crippen molar-refractivity contribution in [1.29, 1.82) is 0 Å². The molecule has 1 aliphatic rings. The summed E-state index contributed by atoms with van der Waals surface area (Å²) >= 11 is 0. The van der Waals surface area contributed by atoms with Gasteiger partial charge in [-0.2, -0.15) is 0 Å². The predicted octanol–water partition coefficient (Wildman–Crippen LogP) is 5.41. The number of anilines is 2. The first kappa shape index (κ1) is 21.6. The number of benzene rings is 3. The number of hydrogen-bond donors (Lipinski definition) is 2. The molecule has 0 aromatic heterocycles. The van der Waals surface area contributed by atoms with Gasteiger partial charge in [0.1, 0.15) is 12.4 Å². The van der Waals surface area contributed by atoms with Gasteiger partial charge >= 0.3 is 0 Å². The number of hydrogen-bond acceptors (Lipinski definition) is 3. The van der Waals surface area contributed by atoms with Gasteiger partial charge in [-0.25, -0.2) is 0 Å². The van der Waals surface area contributed by atoms with Crippen molar-refractivity contribution in [3.63, 3.8) is 0 Å². The minimum Gasteiger partial charge on any atom is -0.489 e. The molecule has 1 atom stereocenters. The molecule has 4 rings (SSSR count). The summed E-state index contributed by atoms with van der Waals surface area (Å²) in [5, 5.41) is 5.91. The van der Waals surface area contributed by atoms with Gasteiger partial charge in [0, 0.05) is 23.7 Å². The van der Waals surface area contributed by atoms with E-state index >= 15 is 0 Å². The van der Waals surface area contributed by atoms with Crippen LogP contribution >= 0.6 is 0 Å². The van der Waals surface area contributed by atoms with Crippen molar-refractivity contribution in [3.8, 4) is 5.75 Å². The Kier molecular flexibility index (Phi) is 6.55. The summed E-state index contributed by atoms with van der Waals surface area (Å²) in [6, 6.07) is 21.7. The van der Waals surface area contributed by atoms with Crippen LogP contribution in [-0.4, -0.2) is 11.8 Å². The molecule has 0 saturated heterocycles. The molecule has 1 aliphatic heterocycles. The molecule has 0 fully saturated rings. The van der Waals surface area contributed by atoms with Crippen LogP contribution in [0.25, 0.3) is 0 Å². The van der Waals surface area contributed by atoms with Crippen LogP contribution < -0.4 is 15.4 Å². The van der Waals surface area contributed by atoms with Crippen LogP contribution in [0.4, 0.5) is 11.4 Å². The van der Waals surface area contributed by atoms with Crippen LogP contribution in [0.1, 0.15) is 35.1 Å². The Morgan fingerprint density at radius 1 is 1.06 bits per heavy atom. The van der Waals surface area contributed by atoms with Gasteiger partial charge in [0.25, 0.3) is 0 Å². The second kappa shape index (κ2) is 9.69. The van der Waals surface area contributed by atoms with Gasteiger partial charge in [-0.1, -0.05) is 48.0 Å². The maximum Gasteiger partial charge on any atom is 0.227 e. The summed E-state index contributed by atoms with van der Waals surface area (Å²) in [6.45, 7) is 4.50. The van der Waals surface area contributed by atoms with Crippen LogP contribution in [0.3, 0.4) is 0 Å². The SMILES string of the molecule is Cc1cccc(COc2ccc(NC(=O)CCC3Cc4ccccc4NC3=O)c(C)c2)c1. The van der Waals surface area contributed by atoms with E-state index in [2.05, 4.69) is 29.7 Å². The Bertz CT molecular complexity index is 1140. The Labute approximate surface area is 188 Å². The Morgan fingerprint density at radius 2 is 1.91 bits per heavy atom. The third-order valence-corrected chi connectivity index (χ3v) is 5.79. The van der Waals surface area contributed by atoms with Crippen molar-refractivity contribution in [3.05, 3.63) is 89.0 Å². The van der Waals surface area contributed by atoms with E-state index < -0.39 is 0 Å². The number of amides is 2. The first-order valence-corrected chi connectivity index (χ1v) is 11.0. The summed E-state index contributed by atoms with van der Waals surface area (Å²) in [6.07, 6.45) is 1.48. The van der Waals surface area contributed by atoms with E-state index in [1.54, 1.807) is 0 Å². The predicted molar refractivity (Wildman–Crippen MR) is 127 cm³/mol. The fourth-order valence-electron chi connectivity index (χ4n) is 4.00. The van der Waals surface area contributed by atoms with E-state index in [1.165, 1.54) is 5.56 Å². The molecule has 3 aromatic rings. The summed E-state index contributed by atoms with van der Waals surface area (Å²) < 4.78 is 5.90. The molecule has 5 heteroatoms. The molecule has 0 radical (unpaired) electrons. The number of fused-ring (bicyclic) bond motifs is 1. The van der Waals surface area contributed by atoms with Crippen LogP contribution in [0, 0.1) is 19.8 Å². The molecule has 0 bridgehead atoms. The lowest BCUT2D eigenvalue weighted by atomic mass is 9.89. The highest BCUT2D eigenvalue weighted by atomic mass is 16.5. The van der Waals surface area contributed by atoms with Crippen LogP contribution in [0.2, 0.25) is 0 Å². The van der Waals surface area contributed by atoms with Crippen molar-refractivity contribution < 1.29 is 14.3 Å². The fourth-order valence-corrected chi connectivity index (χ4v) is 4.00. The summed E-state index contributed by atoms with van der Waals surface area (Å²) in [5.74, 6) is 0.477. The number of aryl methyl sites for hydroxylation is 2. The Morgan fingerprint density at radius 3 is 2.72 bits per heavy atom. The number of rotatable bonds is 7. The third kappa shape index (κ3) is 5.35. The van der Waals surface area contributed by atoms with Gasteiger partial charge in [-0.05, 0) is 67.6 Å². The van der Waals surface area contributed by atoms with Crippen molar-refractivity contribution in [2.24, 2.45) is 5.92 Å². The number of nitrogens with one attached hydrogen (secondary N) is 2. The molecule has 2 amide bonds. The van der Waals surface area contributed by atoms with Gasteiger partial charge in [-0.3, -0.25) is 9.59 Å². The van der Waals surface area contributed by atoms with E-state index in [9.17, 15) is 9.59 Å². The molecule has 0 spiro atoms. The Balaban J connectivity index is 1.29. The molecule has 164 valence electrons. The molecule has 1 heterocycles. The molecule has 0 saturated carbocycles. The maximum absolute atomic E-state index is 12.5. The van der Waals surface area contributed by atoms with E-state index in [0.29, 0.717) is 25.9 Å². The number of para-hydroxylation sites is 1. The van der Waals surface area contributed by atoms with Gasteiger partial charge < -0.3 is 15.4 Å². The molecule has 2 N–H and O–H groups in total. The lowest BCUT2D eigenvalue weighted by molar-refractivity contribution is -0.121. The quantitative estimate of drug-likeness (QED) is 0.529. The van der Waals surface area contributed by atoms with Gasteiger partial charge in [-0.15, -0.1) is 0 Å². The van der Waals surface area contributed by atoms with Gasteiger partial charge in [0.15, 0.2) is 0 Å². The van der Waals surface area contributed by atoms with E-state index in [1.807, 2.05) is 61.5 Å². The molecular weight excluding hydrogens is 400 g/mol. The van der Waals surface area contributed by atoms with Crippen molar-refractivity contribution in [1.82, 2.24) is 0 Å². The zero-order valence-corrected chi connectivity index (χ0v) is 18.5. The molecule has 1 unspecified atom stereocenters. The summed E-state index contributed by atoms with van der Waals surface area (Å²) in [7, 11) is 0. The Hall–Kier alpha value is -3.60. The van der Waals surface area contributed by atoms with E-state index in [4.69, 9.17) is 4.74 Å². The first-order valence-electron chi connectivity index (χ1n) is 11.0. The second-order valence-electron chi connectivity index (χ2n) is 8.39. The van der Waals surface area contributed by atoms with Gasteiger partial charge in [0.05, 0.1) is 0 Å². The highest BCUT2D eigenvalue weighted by Crippen LogP contribution is 2.28. The topological polar surface area (TPSA) is 67.4 Å². The molecule has 5 nitrogen and oxygen atoms in total. The monoisotopic (exact) mass is 428 g/mol. The van der Waals surface area contributed by atoms with Crippen molar-refractivity contribution in [2.75, 3.05) is 10.6 Å². The molecule has 0 aliphatic carbocycles. The summed E-state index contributed by atoms with van der Waals surface area (Å²) in [4.78, 5) is 24.9. The number of carbonyl (C=O) groups excluding carboxylic acids is 2. The van der Waals surface area contributed by atoms with E-state index in [0.717, 1.165) is 33.8 Å². The van der Waals surface area contributed by atoms with E-state index in [-0.39, 0.29) is 17.7 Å². The minimum absolute atomic E-state index is 0.0113. The second-order valence-corrected chi connectivity index (χ2v) is 8.39. The van der Waals surface area contributed by atoms with Crippen molar-refractivity contribution in [2.45, 2.75) is 39.7 Å². The highest BCUT2D eigenvalue weighted by Gasteiger charge is 2.26. The number of ether oxygens (including phenoxy) is 1. The smallest absolute Gasteiger partial charge is 0.227 e. The highest BCUT2D eigenvalue weighted by molar-refractivity contribution is 5.96. The minimum atomic E-state index is -0.186. The fraction of sp³-hybridized carbons (Fsp3) is 0.259. The zero-order chi connectivity index (χ0) is 22.5. The van der Waals surface area contributed by atoms with Crippen LogP contribution in [0.5, 0.6) is 5.75 Å². The number of carbonyl (C=O) groups is 2. The normalized spacial score (nSPS) is 14.9. The average Bonchev–Trinajstić information content (AvgIpc) is 2.78. The maximum atomic E-state index is 12.5. The molecule has 32 heavy (non-hydrogen) atoms. The molecule has 3 aromatic carbocycles. The zero-order valence-electron chi connectivity index (χ0n) is 18.5. The van der Waals surface area contributed by atoms with Crippen LogP contribution in [0.15, 0.2) is 66.7 Å². The van der Waals surface area contributed by atoms with Gasteiger partial charge in [0.2, 0.25) is 11.8 Å². The average molecular weight is 429 g/mol. The first-order chi connectivity index (χ1) is 15.5.